The van der Waals surface area contributed by atoms with Gasteiger partial charge in [0.05, 0.1) is 6.54 Å². The van der Waals surface area contributed by atoms with E-state index in [9.17, 15) is 0 Å². The third-order valence-electron chi connectivity index (χ3n) is 2.00. The van der Waals surface area contributed by atoms with Crippen LogP contribution in [0.5, 0.6) is 0 Å². The molecule has 0 aromatic carbocycles. The standard InChI is InChI=1S/C9H10ClN5/c1-6-8(10)14-5-15-9(6)13-4-7-11-2-3-12-7/h2-3,5H,4H2,1H3,(H,11,12)(H,13,14,15). The Balaban J connectivity index is 2.08. The van der Waals surface area contributed by atoms with Crippen LogP contribution in [0.15, 0.2) is 18.7 Å². The second-order valence-corrected chi connectivity index (χ2v) is 3.39. The van der Waals surface area contributed by atoms with E-state index in [1.165, 1.54) is 6.33 Å². The quantitative estimate of drug-likeness (QED) is 0.779. The van der Waals surface area contributed by atoms with E-state index in [1.807, 2.05) is 6.92 Å². The first-order valence-corrected chi connectivity index (χ1v) is 4.84. The highest BCUT2D eigenvalue weighted by Crippen LogP contribution is 2.17. The van der Waals surface area contributed by atoms with E-state index >= 15 is 0 Å². The first-order valence-electron chi connectivity index (χ1n) is 4.46. The van der Waals surface area contributed by atoms with Crippen LogP contribution >= 0.6 is 11.6 Å². The van der Waals surface area contributed by atoms with Crippen molar-refractivity contribution in [3.8, 4) is 0 Å². The van der Waals surface area contributed by atoms with E-state index in [2.05, 4.69) is 25.3 Å². The summed E-state index contributed by atoms with van der Waals surface area (Å²) in [5.41, 5.74) is 0.839. The minimum atomic E-state index is 0.465. The summed E-state index contributed by atoms with van der Waals surface area (Å²) in [6.07, 6.45) is 4.91. The molecule has 2 aromatic heterocycles. The Morgan fingerprint density at radius 1 is 1.40 bits per heavy atom. The number of nitrogens with zero attached hydrogens (tertiary/aromatic N) is 3. The highest BCUT2D eigenvalue weighted by atomic mass is 35.5. The molecule has 0 saturated carbocycles. The smallest absolute Gasteiger partial charge is 0.137 e. The van der Waals surface area contributed by atoms with Gasteiger partial charge in [0.15, 0.2) is 0 Å². The lowest BCUT2D eigenvalue weighted by molar-refractivity contribution is 0.976. The minimum Gasteiger partial charge on any atom is -0.362 e. The number of anilines is 1. The van der Waals surface area contributed by atoms with Gasteiger partial charge in [-0.1, -0.05) is 11.6 Å². The van der Waals surface area contributed by atoms with E-state index in [0.717, 1.165) is 17.2 Å². The molecule has 78 valence electrons. The number of rotatable bonds is 3. The van der Waals surface area contributed by atoms with Crippen molar-refractivity contribution >= 4 is 17.4 Å². The zero-order valence-corrected chi connectivity index (χ0v) is 8.91. The average molecular weight is 224 g/mol. The molecule has 0 aliphatic heterocycles. The monoisotopic (exact) mass is 223 g/mol. The number of hydrogen-bond donors (Lipinski definition) is 2. The molecule has 0 saturated heterocycles. The van der Waals surface area contributed by atoms with Gasteiger partial charge in [-0.05, 0) is 6.92 Å². The molecule has 0 bridgehead atoms. The summed E-state index contributed by atoms with van der Waals surface area (Å²) in [5.74, 6) is 1.58. The van der Waals surface area contributed by atoms with Crippen molar-refractivity contribution in [3.63, 3.8) is 0 Å². The molecule has 2 N–H and O–H groups in total. The maximum atomic E-state index is 5.86. The number of halogens is 1. The summed E-state index contributed by atoms with van der Waals surface area (Å²) < 4.78 is 0. The van der Waals surface area contributed by atoms with Crippen molar-refractivity contribution in [1.29, 1.82) is 0 Å². The van der Waals surface area contributed by atoms with E-state index in [0.29, 0.717) is 11.7 Å². The highest BCUT2D eigenvalue weighted by molar-refractivity contribution is 6.30. The Morgan fingerprint density at radius 2 is 2.27 bits per heavy atom. The summed E-state index contributed by atoms with van der Waals surface area (Å²) in [4.78, 5) is 15.0. The minimum absolute atomic E-state index is 0.465. The predicted octanol–water partition coefficient (Wildman–Crippen LogP) is 1.77. The number of H-pyrrole nitrogens is 1. The molecule has 2 heterocycles. The van der Waals surface area contributed by atoms with Crippen molar-refractivity contribution in [3.05, 3.63) is 35.3 Å². The zero-order chi connectivity index (χ0) is 10.7. The van der Waals surface area contributed by atoms with E-state index in [-0.39, 0.29) is 0 Å². The van der Waals surface area contributed by atoms with Crippen molar-refractivity contribution < 1.29 is 0 Å². The number of nitrogens with one attached hydrogen (secondary N) is 2. The van der Waals surface area contributed by atoms with Gasteiger partial charge in [-0.15, -0.1) is 0 Å². The molecule has 0 amide bonds. The lowest BCUT2D eigenvalue weighted by Gasteiger charge is -2.06. The van der Waals surface area contributed by atoms with Gasteiger partial charge in [-0.3, -0.25) is 0 Å². The van der Waals surface area contributed by atoms with Crippen molar-refractivity contribution in [1.82, 2.24) is 19.9 Å². The largest absolute Gasteiger partial charge is 0.362 e. The van der Waals surface area contributed by atoms with Crippen LogP contribution in [0.2, 0.25) is 5.15 Å². The summed E-state index contributed by atoms with van der Waals surface area (Å²) >= 11 is 5.86. The highest BCUT2D eigenvalue weighted by Gasteiger charge is 2.04. The Morgan fingerprint density at radius 3 is 3.00 bits per heavy atom. The maximum Gasteiger partial charge on any atom is 0.137 e. The molecular weight excluding hydrogens is 214 g/mol. The summed E-state index contributed by atoms with van der Waals surface area (Å²) in [7, 11) is 0. The molecule has 2 aromatic rings. The molecule has 0 aliphatic rings. The van der Waals surface area contributed by atoms with E-state index in [1.54, 1.807) is 12.4 Å². The SMILES string of the molecule is Cc1c(Cl)ncnc1NCc1ncc[nH]1. The molecule has 0 fully saturated rings. The lowest BCUT2D eigenvalue weighted by atomic mass is 10.3. The first-order chi connectivity index (χ1) is 7.27. The molecule has 0 aliphatic carbocycles. The molecule has 5 nitrogen and oxygen atoms in total. The van der Waals surface area contributed by atoms with Crippen LogP contribution in [0, 0.1) is 6.92 Å². The van der Waals surface area contributed by atoms with Crippen LogP contribution in [-0.2, 0) is 6.54 Å². The molecular formula is C9H10ClN5. The number of hydrogen-bond acceptors (Lipinski definition) is 4. The Kier molecular flexibility index (Phi) is 2.82. The van der Waals surface area contributed by atoms with Crippen LogP contribution in [0.3, 0.4) is 0 Å². The van der Waals surface area contributed by atoms with Gasteiger partial charge < -0.3 is 10.3 Å². The summed E-state index contributed by atoms with van der Waals surface area (Å²) in [5, 5.41) is 3.59. The fraction of sp³-hybridized carbons (Fsp3) is 0.222. The number of aromatic amines is 1. The van der Waals surface area contributed by atoms with Crippen molar-refractivity contribution in [2.24, 2.45) is 0 Å². The van der Waals surface area contributed by atoms with Gasteiger partial charge in [0, 0.05) is 18.0 Å². The molecule has 0 atom stereocenters. The third-order valence-corrected chi connectivity index (χ3v) is 2.38. The van der Waals surface area contributed by atoms with Gasteiger partial charge in [0.1, 0.15) is 23.1 Å². The summed E-state index contributed by atoms with van der Waals surface area (Å²) in [6.45, 7) is 2.45. The average Bonchev–Trinajstić information content (AvgIpc) is 2.73. The maximum absolute atomic E-state index is 5.86. The third kappa shape index (κ3) is 2.24. The Hall–Kier alpha value is -1.62. The van der Waals surface area contributed by atoms with Gasteiger partial charge in [-0.2, -0.15) is 0 Å². The van der Waals surface area contributed by atoms with Crippen LogP contribution in [-0.4, -0.2) is 19.9 Å². The summed E-state index contributed by atoms with van der Waals surface area (Å²) in [6, 6.07) is 0. The van der Waals surface area contributed by atoms with Crippen LogP contribution in [0.1, 0.15) is 11.4 Å². The van der Waals surface area contributed by atoms with Crippen molar-refractivity contribution in [2.75, 3.05) is 5.32 Å². The molecule has 15 heavy (non-hydrogen) atoms. The topological polar surface area (TPSA) is 66.5 Å². The molecule has 2 rings (SSSR count). The van der Waals surface area contributed by atoms with Crippen molar-refractivity contribution in [2.45, 2.75) is 13.5 Å². The van der Waals surface area contributed by atoms with Gasteiger partial charge in [0.2, 0.25) is 0 Å². The number of imidazole rings is 1. The second kappa shape index (κ2) is 4.27. The Labute approximate surface area is 91.9 Å². The van der Waals surface area contributed by atoms with E-state index < -0.39 is 0 Å². The van der Waals surface area contributed by atoms with E-state index in [4.69, 9.17) is 11.6 Å². The molecule has 0 spiro atoms. The molecule has 0 radical (unpaired) electrons. The fourth-order valence-electron chi connectivity index (χ4n) is 1.17. The lowest BCUT2D eigenvalue weighted by Crippen LogP contribution is -2.05. The molecule has 6 heteroatoms. The first kappa shape index (κ1) is 9.92. The normalized spacial score (nSPS) is 10.3. The van der Waals surface area contributed by atoms with Gasteiger partial charge in [-0.25, -0.2) is 15.0 Å². The zero-order valence-electron chi connectivity index (χ0n) is 8.16. The van der Waals surface area contributed by atoms with Crippen LogP contribution < -0.4 is 5.32 Å². The van der Waals surface area contributed by atoms with Crippen LogP contribution in [0.4, 0.5) is 5.82 Å². The molecule has 0 unspecified atom stereocenters. The van der Waals surface area contributed by atoms with Gasteiger partial charge in [0.25, 0.3) is 0 Å². The fourth-order valence-corrected chi connectivity index (χ4v) is 1.30. The van der Waals surface area contributed by atoms with Gasteiger partial charge >= 0.3 is 0 Å². The second-order valence-electron chi connectivity index (χ2n) is 3.03. The van der Waals surface area contributed by atoms with Crippen LogP contribution in [0.25, 0.3) is 0 Å². The number of aromatic nitrogens is 4. The Bertz CT molecular complexity index is 440. The predicted molar refractivity (Wildman–Crippen MR) is 57.7 cm³/mol.